The average molecular weight is 284 g/mol. The molecule has 0 aromatic heterocycles. The molecule has 0 heterocycles. The Hall–Kier alpha value is -0.610. The number of likely N-dealkylation sites (N-methyl/N-ethyl adjacent to an activating group) is 1. The largest absolute Gasteiger partial charge is 0.480 e. The van der Waals surface area contributed by atoms with Crippen molar-refractivity contribution in [3.63, 3.8) is 0 Å². The summed E-state index contributed by atoms with van der Waals surface area (Å²) in [5.41, 5.74) is -0.766. The Bertz CT molecular complexity index is 290. The highest BCUT2D eigenvalue weighted by Gasteiger charge is 2.31. The third kappa shape index (κ3) is 5.41. The van der Waals surface area contributed by atoms with Crippen molar-refractivity contribution in [3.8, 4) is 0 Å². The zero-order chi connectivity index (χ0) is 15.0. The topological polar surface area (TPSA) is 52.6 Å². The molecule has 0 aliphatic heterocycles. The summed E-state index contributed by atoms with van der Waals surface area (Å²) in [5, 5.41) is 12.4. The van der Waals surface area contributed by atoms with Gasteiger partial charge in [-0.25, -0.2) is 0 Å². The highest BCUT2D eigenvalue weighted by Crippen LogP contribution is 2.22. The summed E-state index contributed by atoms with van der Waals surface area (Å²) in [6.07, 6.45) is 9.55. The van der Waals surface area contributed by atoms with Gasteiger partial charge in [-0.3, -0.25) is 4.79 Å². The van der Waals surface area contributed by atoms with Crippen molar-refractivity contribution >= 4 is 5.97 Å². The van der Waals surface area contributed by atoms with Crippen molar-refractivity contribution in [1.29, 1.82) is 0 Å². The lowest BCUT2D eigenvalue weighted by Crippen LogP contribution is -2.49. The fraction of sp³-hybridized carbons (Fsp3) is 0.938. The molecule has 20 heavy (non-hydrogen) atoms. The van der Waals surface area contributed by atoms with Gasteiger partial charge in [-0.15, -0.1) is 0 Å². The van der Waals surface area contributed by atoms with E-state index >= 15 is 0 Å². The predicted octanol–water partition coefficient (Wildman–Crippen LogP) is 2.87. The van der Waals surface area contributed by atoms with Crippen molar-refractivity contribution in [3.05, 3.63) is 0 Å². The first-order chi connectivity index (χ1) is 9.49. The van der Waals surface area contributed by atoms with Gasteiger partial charge in [0.05, 0.1) is 0 Å². The third-order valence-electron chi connectivity index (χ3n) is 4.67. The summed E-state index contributed by atoms with van der Waals surface area (Å²) in [4.78, 5) is 13.8. The number of carboxylic acids is 1. The Kier molecular flexibility index (Phi) is 7.52. The number of carboxylic acid groups (broad SMARTS) is 1. The van der Waals surface area contributed by atoms with E-state index in [1.807, 2.05) is 6.92 Å². The Morgan fingerprint density at radius 2 is 1.95 bits per heavy atom. The van der Waals surface area contributed by atoms with Gasteiger partial charge in [0.1, 0.15) is 5.54 Å². The normalized spacial score (nSPS) is 20.0. The van der Waals surface area contributed by atoms with Crippen LogP contribution in [0.25, 0.3) is 0 Å². The van der Waals surface area contributed by atoms with E-state index in [0.717, 1.165) is 25.4 Å². The number of nitrogens with one attached hydrogen (secondary N) is 1. The van der Waals surface area contributed by atoms with Crippen LogP contribution in [-0.2, 0) is 4.79 Å². The Labute approximate surface area is 123 Å². The highest BCUT2D eigenvalue weighted by atomic mass is 16.4. The summed E-state index contributed by atoms with van der Waals surface area (Å²) in [7, 11) is 2.22. The van der Waals surface area contributed by atoms with Crippen LogP contribution in [0.15, 0.2) is 0 Å². The van der Waals surface area contributed by atoms with Gasteiger partial charge in [0.15, 0.2) is 0 Å². The van der Waals surface area contributed by atoms with Crippen LogP contribution in [0, 0.1) is 0 Å². The van der Waals surface area contributed by atoms with Gasteiger partial charge in [-0.05, 0) is 59.2 Å². The van der Waals surface area contributed by atoms with Crippen LogP contribution in [0.2, 0.25) is 0 Å². The Morgan fingerprint density at radius 1 is 1.30 bits per heavy atom. The van der Waals surface area contributed by atoms with E-state index in [-0.39, 0.29) is 0 Å². The van der Waals surface area contributed by atoms with Gasteiger partial charge >= 0.3 is 5.97 Å². The van der Waals surface area contributed by atoms with Crippen LogP contribution in [0.3, 0.4) is 0 Å². The predicted molar refractivity (Wildman–Crippen MR) is 83.1 cm³/mol. The summed E-state index contributed by atoms with van der Waals surface area (Å²) in [6, 6.07) is 0.753. The number of unbranched alkanes of at least 4 members (excludes halogenated alkanes) is 1. The molecule has 4 nitrogen and oxygen atoms in total. The first-order valence-electron chi connectivity index (χ1n) is 8.18. The maximum absolute atomic E-state index is 11.3. The number of nitrogens with zero attached hydrogens (tertiary/aromatic N) is 1. The molecule has 1 fully saturated rings. The third-order valence-corrected chi connectivity index (χ3v) is 4.67. The minimum absolute atomic E-state index is 0.699. The molecule has 1 saturated carbocycles. The molecule has 1 aliphatic rings. The quantitative estimate of drug-likeness (QED) is 0.639. The van der Waals surface area contributed by atoms with Crippen LogP contribution >= 0.6 is 0 Å². The zero-order valence-corrected chi connectivity index (χ0v) is 13.5. The van der Waals surface area contributed by atoms with Gasteiger partial charge in [0, 0.05) is 6.04 Å². The number of rotatable bonds is 9. The molecular weight excluding hydrogens is 252 g/mol. The van der Waals surface area contributed by atoms with Crippen LogP contribution < -0.4 is 5.32 Å². The fourth-order valence-corrected chi connectivity index (χ4v) is 3.21. The fourth-order valence-electron chi connectivity index (χ4n) is 3.21. The molecule has 2 N–H and O–H groups in total. The van der Waals surface area contributed by atoms with Crippen LogP contribution in [0.1, 0.15) is 65.2 Å². The molecule has 0 radical (unpaired) electrons. The molecule has 0 amide bonds. The van der Waals surface area contributed by atoms with Gasteiger partial charge in [-0.2, -0.15) is 0 Å². The number of hydrogen-bond acceptors (Lipinski definition) is 3. The molecular formula is C16H32N2O2. The van der Waals surface area contributed by atoms with Crippen molar-refractivity contribution in [2.24, 2.45) is 0 Å². The van der Waals surface area contributed by atoms with Gasteiger partial charge in [0.25, 0.3) is 0 Å². The smallest absolute Gasteiger partial charge is 0.323 e. The van der Waals surface area contributed by atoms with Gasteiger partial charge in [-0.1, -0.05) is 26.2 Å². The highest BCUT2D eigenvalue weighted by molar-refractivity contribution is 5.78. The minimum Gasteiger partial charge on any atom is -0.480 e. The average Bonchev–Trinajstić information content (AvgIpc) is 2.44. The van der Waals surface area contributed by atoms with Crippen LogP contribution in [-0.4, -0.2) is 47.7 Å². The molecule has 118 valence electrons. The summed E-state index contributed by atoms with van der Waals surface area (Å²) >= 11 is 0. The van der Waals surface area contributed by atoms with Crippen molar-refractivity contribution in [2.75, 3.05) is 20.1 Å². The van der Waals surface area contributed by atoms with Crippen molar-refractivity contribution in [1.82, 2.24) is 10.2 Å². The van der Waals surface area contributed by atoms with E-state index in [4.69, 9.17) is 0 Å². The molecule has 0 aromatic rings. The SMILES string of the molecule is CCNC(C)(CCCCN(C)C1CCCCC1)C(=O)O. The van der Waals surface area contributed by atoms with E-state index in [1.165, 1.54) is 32.1 Å². The molecule has 0 saturated heterocycles. The first kappa shape index (κ1) is 17.4. The summed E-state index contributed by atoms with van der Waals surface area (Å²) in [5.74, 6) is -0.736. The summed E-state index contributed by atoms with van der Waals surface area (Å²) in [6.45, 7) is 5.54. The molecule has 1 rings (SSSR count). The van der Waals surface area contributed by atoms with Crippen LogP contribution in [0.5, 0.6) is 0 Å². The van der Waals surface area contributed by atoms with Crippen LogP contribution in [0.4, 0.5) is 0 Å². The lowest BCUT2D eigenvalue weighted by atomic mass is 9.93. The zero-order valence-electron chi connectivity index (χ0n) is 13.5. The van der Waals surface area contributed by atoms with Crippen molar-refractivity contribution in [2.45, 2.75) is 76.8 Å². The first-order valence-corrected chi connectivity index (χ1v) is 8.18. The van der Waals surface area contributed by atoms with E-state index in [9.17, 15) is 9.90 Å². The second kappa shape index (κ2) is 8.63. The maximum atomic E-state index is 11.3. The monoisotopic (exact) mass is 284 g/mol. The molecule has 1 unspecified atom stereocenters. The molecule has 1 aliphatic carbocycles. The Balaban J connectivity index is 2.24. The number of hydrogen-bond donors (Lipinski definition) is 2. The van der Waals surface area contributed by atoms with E-state index < -0.39 is 11.5 Å². The van der Waals surface area contributed by atoms with Gasteiger partial charge in [0.2, 0.25) is 0 Å². The number of aliphatic carboxylic acids is 1. The number of carbonyl (C=O) groups is 1. The Morgan fingerprint density at radius 3 is 2.50 bits per heavy atom. The lowest BCUT2D eigenvalue weighted by molar-refractivity contribution is -0.144. The summed E-state index contributed by atoms with van der Waals surface area (Å²) < 4.78 is 0. The maximum Gasteiger partial charge on any atom is 0.323 e. The van der Waals surface area contributed by atoms with E-state index in [0.29, 0.717) is 13.0 Å². The molecule has 1 atom stereocenters. The standard InChI is InChI=1S/C16H32N2O2/c1-4-17-16(2,15(19)20)12-8-9-13-18(3)14-10-6-5-7-11-14/h14,17H,4-13H2,1-3H3,(H,19,20). The molecule has 0 spiro atoms. The molecule has 4 heteroatoms. The van der Waals surface area contributed by atoms with E-state index in [1.54, 1.807) is 6.92 Å². The molecule has 0 bridgehead atoms. The van der Waals surface area contributed by atoms with Gasteiger partial charge < -0.3 is 15.3 Å². The van der Waals surface area contributed by atoms with Crippen molar-refractivity contribution < 1.29 is 9.90 Å². The lowest BCUT2D eigenvalue weighted by Gasteiger charge is -2.31. The second-order valence-corrected chi connectivity index (χ2v) is 6.40. The van der Waals surface area contributed by atoms with E-state index in [2.05, 4.69) is 17.3 Å². The minimum atomic E-state index is -0.766. The molecule has 0 aromatic carbocycles. The second-order valence-electron chi connectivity index (χ2n) is 6.40.